The lowest BCUT2D eigenvalue weighted by Gasteiger charge is -2.37. The third kappa shape index (κ3) is 4.84. The molecule has 0 radical (unpaired) electrons. The molecule has 0 bridgehead atoms. The minimum atomic E-state index is -3.74. The van der Waals surface area contributed by atoms with Crippen LogP contribution in [0.15, 0.2) is 42.7 Å². The normalized spacial score (nSPS) is 16.8. The number of hydrogen-bond acceptors (Lipinski definition) is 5. The number of halogens is 2. The Morgan fingerprint density at radius 1 is 1.07 bits per heavy atom. The summed E-state index contributed by atoms with van der Waals surface area (Å²) in [5.74, 6) is -0.201. The van der Waals surface area contributed by atoms with Gasteiger partial charge in [0, 0.05) is 55.7 Å². The van der Waals surface area contributed by atoms with Gasteiger partial charge in [0.15, 0.2) is 0 Å². The van der Waals surface area contributed by atoms with E-state index < -0.39 is 15.3 Å². The highest BCUT2D eigenvalue weighted by molar-refractivity contribution is 7.89. The molecule has 1 saturated heterocycles. The van der Waals surface area contributed by atoms with Crippen LogP contribution in [-0.2, 0) is 14.8 Å². The topological polar surface area (TPSA) is 70.6 Å². The first-order chi connectivity index (χ1) is 13.3. The molecule has 0 N–H and O–H groups in total. The SMILES string of the molecule is CC(=O)CC(c1cncc(Cl)c1)S(=O)(=O)N1CCN(c2ccc(Cl)cc2)CC1. The summed E-state index contributed by atoms with van der Waals surface area (Å²) >= 11 is 11.9. The van der Waals surface area contributed by atoms with Crippen molar-refractivity contribution in [3.05, 3.63) is 58.3 Å². The number of hydrogen-bond donors (Lipinski definition) is 0. The van der Waals surface area contributed by atoms with Crippen LogP contribution in [0.3, 0.4) is 0 Å². The van der Waals surface area contributed by atoms with Crippen LogP contribution >= 0.6 is 23.2 Å². The van der Waals surface area contributed by atoms with Crippen molar-refractivity contribution in [1.29, 1.82) is 0 Å². The lowest BCUT2D eigenvalue weighted by atomic mass is 10.1. The van der Waals surface area contributed by atoms with Gasteiger partial charge in [-0.3, -0.25) is 9.78 Å². The van der Waals surface area contributed by atoms with Gasteiger partial charge in [-0.15, -0.1) is 0 Å². The maximum Gasteiger partial charge on any atom is 0.221 e. The number of piperazine rings is 1. The van der Waals surface area contributed by atoms with E-state index >= 15 is 0 Å². The van der Waals surface area contributed by atoms with Gasteiger partial charge in [-0.1, -0.05) is 23.2 Å². The fourth-order valence-corrected chi connectivity index (χ4v) is 5.55. The fourth-order valence-electron chi connectivity index (χ4n) is 3.29. The molecule has 1 aliphatic rings. The first-order valence-electron chi connectivity index (χ1n) is 8.87. The maximum atomic E-state index is 13.3. The number of ketones is 1. The van der Waals surface area contributed by atoms with Crippen molar-refractivity contribution in [3.63, 3.8) is 0 Å². The molecule has 6 nitrogen and oxygen atoms in total. The number of aromatic nitrogens is 1. The van der Waals surface area contributed by atoms with Gasteiger partial charge >= 0.3 is 0 Å². The molecule has 0 amide bonds. The molecule has 2 heterocycles. The number of rotatable bonds is 6. The van der Waals surface area contributed by atoms with E-state index in [9.17, 15) is 13.2 Å². The first-order valence-corrected chi connectivity index (χ1v) is 11.1. The average Bonchev–Trinajstić information content (AvgIpc) is 2.66. The number of sulfonamides is 1. The number of Topliss-reactive ketones (excluding diaryl/α,β-unsaturated/α-hetero) is 1. The van der Waals surface area contributed by atoms with Gasteiger partial charge in [-0.2, -0.15) is 4.31 Å². The van der Waals surface area contributed by atoms with E-state index in [1.807, 2.05) is 24.3 Å². The molecular formula is C19H21Cl2N3O3S. The van der Waals surface area contributed by atoms with Crippen LogP contribution in [0.2, 0.25) is 10.0 Å². The molecule has 1 unspecified atom stereocenters. The number of carbonyl (C=O) groups is 1. The Bertz CT molecular complexity index is 943. The largest absolute Gasteiger partial charge is 0.369 e. The van der Waals surface area contributed by atoms with Crippen molar-refractivity contribution < 1.29 is 13.2 Å². The van der Waals surface area contributed by atoms with Crippen LogP contribution in [0, 0.1) is 0 Å². The van der Waals surface area contributed by atoms with Gasteiger partial charge in [0.05, 0.1) is 5.02 Å². The fraction of sp³-hybridized carbons (Fsp3) is 0.368. The van der Waals surface area contributed by atoms with Crippen molar-refractivity contribution in [2.45, 2.75) is 18.6 Å². The van der Waals surface area contributed by atoms with Crippen LogP contribution in [-0.4, -0.2) is 49.7 Å². The van der Waals surface area contributed by atoms with Crippen molar-refractivity contribution in [2.75, 3.05) is 31.1 Å². The van der Waals surface area contributed by atoms with E-state index in [0.29, 0.717) is 41.8 Å². The molecule has 1 atom stereocenters. The highest BCUT2D eigenvalue weighted by Crippen LogP contribution is 2.31. The highest BCUT2D eigenvalue weighted by atomic mass is 35.5. The van der Waals surface area contributed by atoms with E-state index in [1.54, 1.807) is 6.07 Å². The second-order valence-electron chi connectivity index (χ2n) is 6.74. The summed E-state index contributed by atoms with van der Waals surface area (Å²) in [6, 6.07) is 9.03. The molecular weight excluding hydrogens is 421 g/mol. The number of nitrogens with zero attached hydrogens (tertiary/aromatic N) is 3. The third-order valence-electron chi connectivity index (χ3n) is 4.72. The summed E-state index contributed by atoms with van der Waals surface area (Å²) in [4.78, 5) is 17.9. The Labute approximate surface area is 175 Å². The van der Waals surface area contributed by atoms with Crippen molar-refractivity contribution in [1.82, 2.24) is 9.29 Å². The van der Waals surface area contributed by atoms with Crippen LogP contribution in [0.5, 0.6) is 0 Å². The molecule has 1 aliphatic heterocycles. The Morgan fingerprint density at radius 2 is 1.71 bits per heavy atom. The van der Waals surface area contributed by atoms with Crippen molar-refractivity contribution in [2.24, 2.45) is 0 Å². The second-order valence-corrected chi connectivity index (χ2v) is 9.73. The van der Waals surface area contributed by atoms with Crippen molar-refractivity contribution >= 4 is 44.7 Å². The number of carbonyl (C=O) groups excluding carboxylic acids is 1. The van der Waals surface area contributed by atoms with E-state index in [1.165, 1.54) is 23.6 Å². The Kier molecular flexibility index (Phi) is 6.60. The summed E-state index contributed by atoms with van der Waals surface area (Å²) in [5.41, 5.74) is 1.43. The average molecular weight is 442 g/mol. The molecule has 1 aromatic carbocycles. The van der Waals surface area contributed by atoms with Gasteiger partial charge in [0.2, 0.25) is 10.0 Å². The van der Waals surface area contributed by atoms with Crippen LogP contribution in [0.1, 0.15) is 24.2 Å². The summed E-state index contributed by atoms with van der Waals surface area (Å²) < 4.78 is 28.0. The monoisotopic (exact) mass is 441 g/mol. The Morgan fingerprint density at radius 3 is 2.29 bits per heavy atom. The minimum absolute atomic E-state index is 0.109. The molecule has 3 rings (SSSR count). The van der Waals surface area contributed by atoms with Crippen LogP contribution in [0.25, 0.3) is 0 Å². The molecule has 150 valence electrons. The molecule has 9 heteroatoms. The first kappa shape index (κ1) is 21.0. The van der Waals surface area contributed by atoms with E-state index in [4.69, 9.17) is 23.2 Å². The zero-order chi connectivity index (χ0) is 20.3. The summed E-state index contributed by atoms with van der Waals surface area (Å²) in [6.07, 6.45) is 2.79. The Balaban J connectivity index is 1.78. The summed E-state index contributed by atoms with van der Waals surface area (Å²) in [5, 5.41) is 0.0132. The minimum Gasteiger partial charge on any atom is -0.369 e. The van der Waals surface area contributed by atoms with Gasteiger partial charge in [-0.05, 0) is 42.8 Å². The summed E-state index contributed by atoms with van der Waals surface area (Å²) in [6.45, 7) is 3.18. The lowest BCUT2D eigenvalue weighted by Crippen LogP contribution is -2.50. The maximum absolute atomic E-state index is 13.3. The molecule has 1 fully saturated rings. The van der Waals surface area contributed by atoms with Crippen molar-refractivity contribution in [3.8, 4) is 0 Å². The predicted octanol–water partition coefficient (Wildman–Crippen LogP) is 3.56. The van der Waals surface area contributed by atoms with Gasteiger partial charge in [0.1, 0.15) is 11.0 Å². The zero-order valence-electron chi connectivity index (χ0n) is 15.4. The molecule has 0 spiro atoms. The van der Waals surface area contributed by atoms with Gasteiger partial charge < -0.3 is 4.90 Å². The lowest BCUT2D eigenvalue weighted by molar-refractivity contribution is -0.117. The van der Waals surface area contributed by atoms with E-state index in [0.717, 1.165) is 5.69 Å². The van der Waals surface area contributed by atoms with Gasteiger partial charge in [0.25, 0.3) is 0 Å². The molecule has 28 heavy (non-hydrogen) atoms. The smallest absolute Gasteiger partial charge is 0.221 e. The molecule has 2 aromatic rings. The highest BCUT2D eigenvalue weighted by Gasteiger charge is 2.36. The van der Waals surface area contributed by atoms with Crippen LogP contribution < -0.4 is 4.90 Å². The Hall–Kier alpha value is -1.67. The van der Waals surface area contributed by atoms with E-state index in [2.05, 4.69) is 9.88 Å². The van der Waals surface area contributed by atoms with E-state index in [-0.39, 0.29) is 12.2 Å². The standard InChI is InChI=1S/C19H21Cl2N3O3S/c1-14(25)10-19(15-11-17(21)13-22-12-15)28(26,27)24-8-6-23(7-9-24)18-4-2-16(20)3-5-18/h2-5,11-13,19H,6-10H2,1H3. The molecule has 1 aromatic heterocycles. The molecule has 0 aliphatic carbocycles. The number of benzene rings is 1. The zero-order valence-corrected chi connectivity index (χ0v) is 17.7. The predicted molar refractivity (Wildman–Crippen MR) is 111 cm³/mol. The van der Waals surface area contributed by atoms with Gasteiger partial charge in [-0.25, -0.2) is 8.42 Å². The quantitative estimate of drug-likeness (QED) is 0.684. The third-order valence-corrected chi connectivity index (χ3v) is 7.42. The number of anilines is 1. The van der Waals surface area contributed by atoms with Crippen LogP contribution in [0.4, 0.5) is 5.69 Å². The molecule has 0 saturated carbocycles. The second kappa shape index (κ2) is 8.78. The number of pyridine rings is 1. The summed E-state index contributed by atoms with van der Waals surface area (Å²) in [7, 11) is -3.74.